The van der Waals surface area contributed by atoms with Crippen molar-refractivity contribution in [1.82, 2.24) is 30.1 Å². The number of carbonyl (C=O) groups is 1. The van der Waals surface area contributed by atoms with E-state index in [0.717, 1.165) is 47.7 Å². The summed E-state index contributed by atoms with van der Waals surface area (Å²) >= 11 is 0. The van der Waals surface area contributed by atoms with Crippen molar-refractivity contribution >= 4 is 17.5 Å². The maximum Gasteiger partial charge on any atom is 0.320 e. The number of rotatable bonds is 7. The normalized spacial score (nSPS) is 21.8. The van der Waals surface area contributed by atoms with Crippen LogP contribution < -0.4 is 21.1 Å². The highest BCUT2D eigenvalue weighted by molar-refractivity contribution is 6.04. The van der Waals surface area contributed by atoms with E-state index in [0.29, 0.717) is 18.0 Å². The Morgan fingerprint density at radius 2 is 1.93 bits per heavy atom. The SMILES string of the molecule is CN1CCCC[C@H]1c1nnc2ccc(O[C@@H]3CC[C@H](NC(=O)NC(/C=C(\N)C(C)(C)C)=NCCO)c4ccccc43)cn12. The largest absolute Gasteiger partial charge is 0.484 e. The van der Waals surface area contributed by atoms with Gasteiger partial charge in [-0.2, -0.15) is 0 Å². The quantitative estimate of drug-likeness (QED) is 0.236. The highest BCUT2D eigenvalue weighted by atomic mass is 16.5. The molecule has 3 aromatic rings. The fourth-order valence-corrected chi connectivity index (χ4v) is 5.74. The number of nitrogens with two attached hydrogens (primary N) is 1. The average molecular weight is 589 g/mol. The Morgan fingerprint density at radius 3 is 2.67 bits per heavy atom. The molecule has 1 aliphatic heterocycles. The summed E-state index contributed by atoms with van der Waals surface area (Å²) < 4.78 is 8.64. The fourth-order valence-electron chi connectivity index (χ4n) is 5.74. The lowest BCUT2D eigenvalue weighted by molar-refractivity contribution is 0.169. The summed E-state index contributed by atoms with van der Waals surface area (Å²) in [5.41, 5.74) is 9.38. The lowest BCUT2D eigenvalue weighted by Gasteiger charge is -2.32. The smallest absolute Gasteiger partial charge is 0.320 e. The third kappa shape index (κ3) is 7.17. The van der Waals surface area contributed by atoms with Gasteiger partial charge in [0.1, 0.15) is 17.7 Å². The molecule has 0 spiro atoms. The van der Waals surface area contributed by atoms with Crippen LogP contribution in [0.25, 0.3) is 5.65 Å². The van der Waals surface area contributed by atoms with Crippen molar-refractivity contribution in [2.75, 3.05) is 26.7 Å². The summed E-state index contributed by atoms with van der Waals surface area (Å²) in [5.74, 6) is 2.01. The molecule has 230 valence electrons. The van der Waals surface area contributed by atoms with Gasteiger partial charge in [0.05, 0.1) is 31.4 Å². The molecule has 0 saturated carbocycles. The third-order valence-electron chi connectivity index (χ3n) is 8.27. The predicted molar refractivity (Wildman–Crippen MR) is 167 cm³/mol. The number of likely N-dealkylation sites (tertiary alicyclic amines) is 1. The van der Waals surface area contributed by atoms with Gasteiger partial charge >= 0.3 is 6.03 Å². The summed E-state index contributed by atoms with van der Waals surface area (Å²) in [5, 5.41) is 24.1. The Balaban J connectivity index is 1.31. The van der Waals surface area contributed by atoms with Gasteiger partial charge in [-0.15, -0.1) is 10.2 Å². The summed E-state index contributed by atoms with van der Waals surface area (Å²) in [6, 6.07) is 11.6. The first kappa shape index (κ1) is 30.5. The molecule has 43 heavy (non-hydrogen) atoms. The van der Waals surface area contributed by atoms with E-state index < -0.39 is 0 Å². The minimum Gasteiger partial charge on any atom is -0.484 e. The summed E-state index contributed by atoms with van der Waals surface area (Å²) in [4.78, 5) is 19.7. The van der Waals surface area contributed by atoms with Crippen LogP contribution in [0.3, 0.4) is 0 Å². The highest BCUT2D eigenvalue weighted by Crippen LogP contribution is 2.39. The first-order valence-electron chi connectivity index (χ1n) is 15.1. The van der Waals surface area contributed by atoms with Crippen LogP contribution in [-0.2, 0) is 0 Å². The van der Waals surface area contributed by atoms with Crippen LogP contribution in [0.4, 0.5) is 4.79 Å². The molecular weight excluding hydrogens is 544 g/mol. The summed E-state index contributed by atoms with van der Waals surface area (Å²) in [6.07, 6.45) is 8.37. The van der Waals surface area contributed by atoms with Gasteiger partial charge in [0.2, 0.25) is 0 Å². The molecule has 3 atom stereocenters. The second-order valence-corrected chi connectivity index (χ2v) is 12.4. The van der Waals surface area contributed by atoms with Gasteiger partial charge in [-0.1, -0.05) is 51.5 Å². The second kappa shape index (κ2) is 13.1. The lowest BCUT2D eigenvalue weighted by atomic mass is 9.85. The van der Waals surface area contributed by atoms with Crippen molar-refractivity contribution in [1.29, 1.82) is 0 Å². The van der Waals surface area contributed by atoms with Crippen LogP contribution in [0.5, 0.6) is 5.75 Å². The van der Waals surface area contributed by atoms with Gasteiger partial charge in [0.25, 0.3) is 0 Å². The zero-order valence-electron chi connectivity index (χ0n) is 25.6. The van der Waals surface area contributed by atoms with Crippen LogP contribution in [-0.4, -0.2) is 63.2 Å². The maximum absolute atomic E-state index is 13.1. The maximum atomic E-state index is 13.1. The first-order chi connectivity index (χ1) is 20.6. The van der Waals surface area contributed by atoms with Crippen LogP contribution in [0.2, 0.25) is 0 Å². The molecule has 1 aromatic carbocycles. The Kier molecular flexibility index (Phi) is 9.31. The zero-order valence-corrected chi connectivity index (χ0v) is 25.6. The van der Waals surface area contributed by atoms with Crippen LogP contribution >= 0.6 is 0 Å². The number of pyridine rings is 1. The number of piperidine rings is 1. The van der Waals surface area contributed by atoms with Crippen molar-refractivity contribution in [3.63, 3.8) is 0 Å². The van der Waals surface area contributed by atoms with Gasteiger partial charge in [-0.3, -0.25) is 19.6 Å². The number of urea groups is 1. The second-order valence-electron chi connectivity index (χ2n) is 12.4. The number of benzene rings is 1. The number of hydrogen-bond donors (Lipinski definition) is 4. The molecule has 2 aliphatic rings. The standard InChI is InChI=1S/C32H44N8O3/c1-32(2,3)27(33)19-28(34-16-18-41)36-31(42)35-24-13-14-26(23-10-6-5-9-22(23)24)43-21-12-15-29-37-38-30(40(29)20-21)25-11-7-8-17-39(25)4/h5-6,9-10,12,15,19-20,24-26,41H,7-8,11,13-14,16-18,33H2,1-4H3,(H2,34,35,36,42)/b27-19-/t24-,25-,26+/m0/s1. The number of hydrogen-bond acceptors (Lipinski definition) is 8. The van der Waals surface area contributed by atoms with E-state index in [9.17, 15) is 9.90 Å². The molecule has 1 fully saturated rings. The zero-order chi connectivity index (χ0) is 30.6. The number of aliphatic imine (C=N–C) groups is 1. The number of carbonyl (C=O) groups excluding carboxylic acids is 1. The number of allylic oxidation sites excluding steroid dienone is 1. The van der Waals surface area contributed by atoms with Crippen molar-refractivity contribution in [2.45, 2.75) is 71.1 Å². The number of amidine groups is 1. The van der Waals surface area contributed by atoms with Gasteiger partial charge in [0.15, 0.2) is 11.5 Å². The van der Waals surface area contributed by atoms with Crippen molar-refractivity contribution in [3.05, 3.63) is 71.3 Å². The number of amides is 2. The molecule has 11 heteroatoms. The minimum atomic E-state index is -0.382. The molecule has 3 heterocycles. The van der Waals surface area contributed by atoms with E-state index in [1.165, 1.54) is 12.8 Å². The predicted octanol–water partition coefficient (Wildman–Crippen LogP) is 4.42. The Bertz CT molecular complexity index is 1490. The van der Waals surface area contributed by atoms with E-state index in [1.54, 1.807) is 6.08 Å². The van der Waals surface area contributed by atoms with E-state index >= 15 is 0 Å². The topological polar surface area (TPSA) is 142 Å². The van der Waals surface area contributed by atoms with Gasteiger partial charge < -0.3 is 20.9 Å². The van der Waals surface area contributed by atoms with Crippen LogP contribution in [0, 0.1) is 5.41 Å². The number of ether oxygens (including phenoxy) is 1. The van der Waals surface area contributed by atoms with E-state index in [-0.39, 0.29) is 42.8 Å². The molecule has 11 nitrogen and oxygen atoms in total. The molecule has 5 rings (SSSR count). The van der Waals surface area contributed by atoms with Gasteiger partial charge in [-0.05, 0) is 68.6 Å². The number of aliphatic hydroxyl groups excluding tert-OH is 1. The van der Waals surface area contributed by atoms with Crippen molar-refractivity contribution < 1.29 is 14.6 Å². The van der Waals surface area contributed by atoms with E-state index in [1.807, 2.05) is 57.3 Å². The number of nitrogens with zero attached hydrogens (tertiary/aromatic N) is 5. The third-order valence-corrected chi connectivity index (χ3v) is 8.27. The van der Waals surface area contributed by atoms with Gasteiger partial charge in [0, 0.05) is 11.1 Å². The monoisotopic (exact) mass is 588 g/mol. The molecule has 5 N–H and O–H groups in total. The highest BCUT2D eigenvalue weighted by Gasteiger charge is 2.30. The molecule has 0 radical (unpaired) electrons. The van der Waals surface area contributed by atoms with Crippen LogP contribution in [0.15, 0.2) is 59.4 Å². The molecule has 1 aliphatic carbocycles. The molecular formula is C32H44N8O3. The summed E-state index contributed by atoms with van der Waals surface area (Å²) in [7, 11) is 2.15. The van der Waals surface area contributed by atoms with E-state index in [4.69, 9.17) is 10.5 Å². The van der Waals surface area contributed by atoms with E-state index in [2.05, 4.69) is 48.2 Å². The number of nitrogens with one attached hydrogen (secondary N) is 2. The van der Waals surface area contributed by atoms with Gasteiger partial charge in [-0.25, -0.2) is 4.79 Å². The number of aliphatic hydroxyl groups is 1. The number of aromatic nitrogens is 3. The molecule has 1 saturated heterocycles. The molecule has 0 bridgehead atoms. The van der Waals surface area contributed by atoms with Crippen molar-refractivity contribution in [3.8, 4) is 5.75 Å². The van der Waals surface area contributed by atoms with Crippen LogP contribution in [0.1, 0.15) is 88.0 Å². The molecule has 2 aromatic heterocycles. The minimum absolute atomic E-state index is 0.128. The molecule has 2 amide bonds. The average Bonchev–Trinajstić information content (AvgIpc) is 3.40. The summed E-state index contributed by atoms with van der Waals surface area (Å²) in [6.45, 7) is 7.04. The Morgan fingerprint density at radius 1 is 1.14 bits per heavy atom. The first-order valence-corrected chi connectivity index (χ1v) is 15.1. The lowest BCUT2D eigenvalue weighted by Crippen LogP contribution is -2.42. The van der Waals surface area contributed by atoms with Crippen molar-refractivity contribution in [2.24, 2.45) is 16.1 Å². The Hall–Kier alpha value is -3.96. The molecule has 0 unspecified atom stereocenters. The number of fused-ring (bicyclic) bond motifs is 2. The Labute approximate surface area is 253 Å². The fraction of sp³-hybridized carbons (Fsp3) is 0.500.